The van der Waals surface area contributed by atoms with E-state index < -0.39 is 47.0 Å². The first kappa shape index (κ1) is 48.5. The fourth-order valence-electron chi connectivity index (χ4n) is 7.06. The Kier molecular flexibility index (Phi) is 17.5. The van der Waals surface area contributed by atoms with E-state index in [1.54, 1.807) is 26.3 Å². The summed E-state index contributed by atoms with van der Waals surface area (Å²) in [7, 11) is 0. The molecule has 2 heterocycles. The van der Waals surface area contributed by atoms with Crippen LogP contribution in [0.25, 0.3) is 10.4 Å². The fraction of sp³-hybridized carbons (Fsp3) is 0.568. The molecule has 7 N–H and O–H groups in total. The number of aryl methyl sites for hydroxylation is 2. The number of thiazole rings is 1. The number of carbonyl (C=O) groups excluding carboxylic acids is 4. The standard InChI is InChI=1S/C44H61FN6O7S.ClH/c1-27-38(59-26-49-27)31-14-15-32(23-48-40(54)35-22-33(52)24-51(35)41(55)39(43(3,4)5)50-42(56)44(45)18-19-44)36(21-31)57-20-8-6-7-9-29-10-12-30(13-11-29)25-58-28(2)34(46)16-17-37(47)53;/h10-15,21,26,28,33-35,39,52H,6-9,16-20,22-25,46H2,1-5H3,(H2,47,53)(H,48,54)(H,50,56);1H/t28-,33-,34+,35+,39-;/m1./s1. The Morgan fingerprint density at radius 2 is 1.78 bits per heavy atom. The number of hydrogen-bond donors (Lipinski definition) is 5. The molecule has 5 rings (SSSR count). The van der Waals surface area contributed by atoms with E-state index in [2.05, 4.69) is 39.9 Å². The van der Waals surface area contributed by atoms with Gasteiger partial charge in [0.05, 0.1) is 41.5 Å². The van der Waals surface area contributed by atoms with E-state index >= 15 is 0 Å². The molecule has 16 heteroatoms. The highest BCUT2D eigenvalue weighted by Crippen LogP contribution is 2.40. The van der Waals surface area contributed by atoms with Crippen LogP contribution in [0.4, 0.5) is 4.39 Å². The highest BCUT2D eigenvalue weighted by Gasteiger charge is 2.53. The number of β-amino-alcohol motifs (C(OH)–C–C–N with tert-alkyl or cyclic N) is 1. The minimum absolute atomic E-state index is 0. The second-order valence-electron chi connectivity index (χ2n) is 17.1. The summed E-state index contributed by atoms with van der Waals surface area (Å²) in [5, 5.41) is 16.1. The molecule has 4 amide bonds. The van der Waals surface area contributed by atoms with E-state index in [-0.39, 0.29) is 69.2 Å². The van der Waals surface area contributed by atoms with Gasteiger partial charge < -0.3 is 41.6 Å². The number of halogens is 2. The molecule has 0 bridgehead atoms. The molecule has 0 spiro atoms. The molecule has 0 radical (unpaired) electrons. The van der Waals surface area contributed by atoms with Gasteiger partial charge in [0.1, 0.15) is 17.8 Å². The lowest BCUT2D eigenvalue weighted by Gasteiger charge is -2.35. The van der Waals surface area contributed by atoms with Gasteiger partial charge in [-0.2, -0.15) is 0 Å². The first-order chi connectivity index (χ1) is 27.9. The molecule has 1 saturated heterocycles. The van der Waals surface area contributed by atoms with Crippen molar-refractivity contribution < 1.29 is 38.1 Å². The summed E-state index contributed by atoms with van der Waals surface area (Å²) < 4.78 is 26.9. The third-order valence-electron chi connectivity index (χ3n) is 11.1. The first-order valence-electron chi connectivity index (χ1n) is 20.6. The molecule has 2 aromatic carbocycles. The molecule has 13 nitrogen and oxygen atoms in total. The first-order valence-corrected chi connectivity index (χ1v) is 21.5. The third kappa shape index (κ3) is 13.4. The Labute approximate surface area is 363 Å². The number of likely N-dealkylation sites (tertiary alicyclic amines) is 1. The van der Waals surface area contributed by atoms with Crippen LogP contribution in [0.2, 0.25) is 0 Å². The van der Waals surface area contributed by atoms with Crippen LogP contribution in [0.3, 0.4) is 0 Å². The van der Waals surface area contributed by atoms with Crippen molar-refractivity contribution in [3.63, 3.8) is 0 Å². The van der Waals surface area contributed by atoms with Crippen LogP contribution in [0.15, 0.2) is 48.0 Å². The number of rotatable bonds is 21. The Bertz CT molecular complexity index is 1920. The van der Waals surface area contributed by atoms with Crippen LogP contribution in [-0.2, 0) is 43.5 Å². The maximum absolute atomic E-state index is 14.6. The van der Waals surface area contributed by atoms with Gasteiger partial charge in [0.2, 0.25) is 17.7 Å². The second kappa shape index (κ2) is 21.6. The van der Waals surface area contributed by atoms with E-state index in [1.807, 2.05) is 32.0 Å². The Hall–Kier alpha value is -4.15. The van der Waals surface area contributed by atoms with Crippen LogP contribution in [0.5, 0.6) is 5.75 Å². The number of carbonyl (C=O) groups is 4. The molecule has 2 aliphatic rings. The minimum Gasteiger partial charge on any atom is -0.493 e. The van der Waals surface area contributed by atoms with Gasteiger partial charge in [-0.25, -0.2) is 9.37 Å². The summed E-state index contributed by atoms with van der Waals surface area (Å²) in [6.45, 7) is 10.1. The van der Waals surface area contributed by atoms with Crippen LogP contribution >= 0.6 is 23.7 Å². The van der Waals surface area contributed by atoms with Crippen LogP contribution < -0.4 is 26.8 Å². The number of benzene rings is 2. The van der Waals surface area contributed by atoms with Crippen molar-refractivity contribution in [2.24, 2.45) is 16.9 Å². The SMILES string of the molecule is Cc1ncsc1-c1ccc(CNC(=O)[C@@H]2C[C@@H](O)CN2C(=O)[C@@H](NC(=O)C2(F)CC2)C(C)(C)C)c(OCCCCCc2ccc(CO[C@H](C)[C@@H](N)CCC(N)=O)cc2)c1.Cl. The summed E-state index contributed by atoms with van der Waals surface area (Å²) >= 11 is 1.54. The zero-order valence-corrected chi connectivity index (χ0v) is 37.0. The van der Waals surface area contributed by atoms with Gasteiger partial charge in [-0.05, 0) is 87.0 Å². The number of aromatic nitrogens is 1. The van der Waals surface area contributed by atoms with Crippen molar-refractivity contribution in [1.29, 1.82) is 0 Å². The number of aliphatic hydroxyl groups is 1. The Morgan fingerprint density at radius 3 is 2.42 bits per heavy atom. The smallest absolute Gasteiger partial charge is 0.258 e. The number of unbranched alkanes of at least 4 members (excludes halogenated alkanes) is 2. The lowest BCUT2D eigenvalue weighted by Crippen LogP contribution is -2.59. The van der Waals surface area contributed by atoms with E-state index in [9.17, 15) is 28.7 Å². The third-order valence-corrected chi connectivity index (χ3v) is 12.1. The molecular weight excluding hydrogens is 811 g/mol. The highest BCUT2D eigenvalue weighted by atomic mass is 35.5. The van der Waals surface area contributed by atoms with E-state index in [1.165, 1.54) is 21.8 Å². The predicted octanol–water partition coefficient (Wildman–Crippen LogP) is 5.44. The number of hydrogen-bond acceptors (Lipinski definition) is 10. The van der Waals surface area contributed by atoms with Gasteiger partial charge in [0.25, 0.3) is 5.91 Å². The molecular formula is C44H62ClFN6O7S. The average Bonchev–Trinajstić information content (AvgIpc) is 3.60. The van der Waals surface area contributed by atoms with Gasteiger partial charge >= 0.3 is 0 Å². The molecule has 60 heavy (non-hydrogen) atoms. The van der Waals surface area contributed by atoms with E-state index in [0.29, 0.717) is 25.4 Å². The molecule has 330 valence electrons. The highest BCUT2D eigenvalue weighted by molar-refractivity contribution is 7.13. The number of nitrogens with one attached hydrogen (secondary N) is 2. The van der Waals surface area contributed by atoms with Crippen molar-refractivity contribution in [3.05, 3.63) is 70.4 Å². The lowest BCUT2D eigenvalue weighted by molar-refractivity contribution is -0.145. The zero-order chi connectivity index (χ0) is 42.9. The maximum Gasteiger partial charge on any atom is 0.258 e. The molecule has 2 fully saturated rings. The van der Waals surface area contributed by atoms with Crippen LogP contribution in [0.1, 0.15) is 101 Å². The molecule has 1 aliphatic carbocycles. The largest absolute Gasteiger partial charge is 0.493 e. The van der Waals surface area contributed by atoms with Gasteiger partial charge in [-0.1, -0.05) is 57.2 Å². The van der Waals surface area contributed by atoms with E-state index in [0.717, 1.165) is 52.9 Å². The number of nitrogens with zero attached hydrogens (tertiary/aromatic N) is 2. The van der Waals surface area contributed by atoms with Crippen LogP contribution in [-0.4, -0.2) is 87.8 Å². The topological polar surface area (TPSA) is 199 Å². The normalized spacial score (nSPS) is 18.5. The molecule has 5 atom stereocenters. The molecule has 1 aromatic heterocycles. The van der Waals surface area contributed by atoms with Gasteiger partial charge in [0.15, 0.2) is 5.67 Å². The Balaban J connectivity index is 0.00000794. The minimum atomic E-state index is -1.96. The number of alkyl halides is 1. The Morgan fingerprint density at radius 1 is 1.08 bits per heavy atom. The monoisotopic (exact) mass is 872 g/mol. The average molecular weight is 874 g/mol. The number of amides is 4. The number of nitrogens with two attached hydrogens (primary N) is 2. The number of ether oxygens (including phenoxy) is 2. The van der Waals surface area contributed by atoms with Crippen molar-refractivity contribution in [2.75, 3.05) is 13.2 Å². The second-order valence-corrected chi connectivity index (χ2v) is 18.0. The molecule has 0 unspecified atom stereocenters. The quantitative estimate of drug-likeness (QED) is 0.0866. The van der Waals surface area contributed by atoms with Crippen molar-refractivity contribution in [3.8, 4) is 16.2 Å². The number of aliphatic hydroxyl groups excluding tert-OH is 1. The summed E-state index contributed by atoms with van der Waals surface area (Å²) in [6, 6.07) is 11.9. The van der Waals surface area contributed by atoms with E-state index in [4.69, 9.17) is 20.9 Å². The van der Waals surface area contributed by atoms with Crippen LogP contribution in [0, 0.1) is 12.3 Å². The van der Waals surface area contributed by atoms with Gasteiger partial charge in [-0.3, -0.25) is 19.2 Å². The number of primary amides is 1. The van der Waals surface area contributed by atoms with Crippen molar-refractivity contribution >= 4 is 47.4 Å². The predicted molar refractivity (Wildman–Crippen MR) is 232 cm³/mol. The fourth-order valence-corrected chi connectivity index (χ4v) is 7.86. The molecule has 3 aromatic rings. The lowest BCUT2D eigenvalue weighted by atomic mass is 9.85. The summed E-state index contributed by atoms with van der Waals surface area (Å²) in [6.07, 6.45) is 3.53. The summed E-state index contributed by atoms with van der Waals surface area (Å²) in [5.41, 5.74) is 15.3. The van der Waals surface area contributed by atoms with Crippen molar-refractivity contribution in [2.45, 2.75) is 142 Å². The molecule has 1 saturated carbocycles. The van der Waals surface area contributed by atoms with Gasteiger partial charge in [-0.15, -0.1) is 23.7 Å². The summed E-state index contributed by atoms with van der Waals surface area (Å²) in [4.78, 5) is 58.0. The van der Waals surface area contributed by atoms with Crippen molar-refractivity contribution in [1.82, 2.24) is 20.5 Å². The maximum atomic E-state index is 14.6. The molecule has 1 aliphatic heterocycles. The zero-order valence-electron chi connectivity index (χ0n) is 35.3. The van der Waals surface area contributed by atoms with Gasteiger partial charge in [0, 0.05) is 37.5 Å². The summed E-state index contributed by atoms with van der Waals surface area (Å²) in [5.74, 6) is -1.53.